The number of H-pyrrole nitrogens is 1. The summed E-state index contributed by atoms with van der Waals surface area (Å²) in [5, 5.41) is 4.19. The lowest BCUT2D eigenvalue weighted by Gasteiger charge is -2.26. The Balaban J connectivity index is 1.46. The molecule has 0 aliphatic carbocycles. The van der Waals surface area contributed by atoms with Gasteiger partial charge in [-0.3, -0.25) is 9.48 Å². The van der Waals surface area contributed by atoms with Crippen molar-refractivity contribution >= 4 is 5.91 Å². The minimum Gasteiger partial charge on any atom is -0.347 e. The predicted molar refractivity (Wildman–Crippen MR) is 84.8 cm³/mol. The van der Waals surface area contributed by atoms with Gasteiger partial charge in [0.15, 0.2) is 0 Å². The zero-order valence-electron chi connectivity index (χ0n) is 12.6. The van der Waals surface area contributed by atoms with E-state index in [1.807, 2.05) is 46.1 Å². The molecule has 0 radical (unpaired) electrons. The van der Waals surface area contributed by atoms with E-state index in [9.17, 15) is 4.79 Å². The third-order valence-corrected chi connectivity index (χ3v) is 4.17. The lowest BCUT2D eigenvalue weighted by molar-refractivity contribution is 0.0732. The van der Waals surface area contributed by atoms with Crippen LogP contribution in [0, 0.1) is 0 Å². The minimum absolute atomic E-state index is 0.0656. The summed E-state index contributed by atoms with van der Waals surface area (Å²) >= 11 is 0. The Morgan fingerprint density at radius 3 is 2.91 bits per heavy atom. The number of carbonyl (C=O) groups excluding carboxylic acids is 1. The number of nitrogens with zero attached hydrogens (tertiary/aromatic N) is 4. The monoisotopic (exact) mass is 307 g/mol. The second-order valence-corrected chi connectivity index (χ2v) is 5.71. The summed E-state index contributed by atoms with van der Waals surface area (Å²) in [6, 6.07) is 9.66. The van der Waals surface area contributed by atoms with E-state index in [0.29, 0.717) is 19.6 Å². The van der Waals surface area contributed by atoms with Gasteiger partial charge in [-0.1, -0.05) is 12.1 Å². The molecule has 0 saturated carbocycles. The van der Waals surface area contributed by atoms with E-state index in [4.69, 9.17) is 0 Å². The van der Waals surface area contributed by atoms with Crippen LogP contribution in [0.25, 0.3) is 0 Å². The van der Waals surface area contributed by atoms with E-state index in [0.717, 1.165) is 28.9 Å². The molecule has 1 aliphatic rings. The molecule has 0 unspecified atom stereocenters. The first-order valence-corrected chi connectivity index (χ1v) is 7.66. The summed E-state index contributed by atoms with van der Waals surface area (Å²) in [7, 11) is 0. The normalized spacial score (nSPS) is 13.8. The lowest BCUT2D eigenvalue weighted by Crippen LogP contribution is -2.36. The van der Waals surface area contributed by atoms with Crippen LogP contribution in [0.15, 0.2) is 49.1 Å². The van der Waals surface area contributed by atoms with Gasteiger partial charge in [0, 0.05) is 30.9 Å². The molecule has 1 N–H and O–H groups in total. The smallest absolute Gasteiger partial charge is 0.254 e. The predicted octanol–water partition coefficient (Wildman–Crippen LogP) is 1.85. The number of rotatable bonds is 3. The van der Waals surface area contributed by atoms with Crippen molar-refractivity contribution in [3.8, 4) is 0 Å². The molecule has 1 aromatic carbocycles. The highest BCUT2D eigenvalue weighted by Crippen LogP contribution is 2.17. The second-order valence-electron chi connectivity index (χ2n) is 5.71. The van der Waals surface area contributed by atoms with Crippen LogP contribution in [0.1, 0.15) is 27.3 Å². The first kappa shape index (κ1) is 13.8. The second kappa shape index (κ2) is 5.72. The average Bonchev–Trinajstić information content (AvgIpc) is 3.25. The number of hydrogen-bond donors (Lipinski definition) is 1. The number of nitrogens with one attached hydrogen (secondary N) is 1. The van der Waals surface area contributed by atoms with Crippen LogP contribution in [0.3, 0.4) is 0 Å². The number of benzene rings is 1. The fourth-order valence-electron chi connectivity index (χ4n) is 2.90. The third kappa shape index (κ3) is 2.75. The standard InChI is InChI=1S/C17H17N5O/c23-17(21-9-6-15-16(11-21)19-12-18-15)14-4-2-13(3-5-14)10-22-8-1-7-20-22/h1-5,7-8,12H,6,9-11H2,(H,18,19). The highest BCUT2D eigenvalue weighted by molar-refractivity contribution is 5.94. The number of aromatic amines is 1. The van der Waals surface area contributed by atoms with Crippen molar-refractivity contribution in [1.82, 2.24) is 24.6 Å². The molecule has 0 atom stereocenters. The molecule has 0 fully saturated rings. The fourth-order valence-corrected chi connectivity index (χ4v) is 2.90. The zero-order valence-corrected chi connectivity index (χ0v) is 12.6. The molecule has 0 saturated heterocycles. The van der Waals surface area contributed by atoms with Gasteiger partial charge in [-0.15, -0.1) is 0 Å². The summed E-state index contributed by atoms with van der Waals surface area (Å²) < 4.78 is 1.86. The van der Waals surface area contributed by atoms with Gasteiger partial charge >= 0.3 is 0 Å². The van der Waals surface area contributed by atoms with Crippen LogP contribution in [0.5, 0.6) is 0 Å². The van der Waals surface area contributed by atoms with Crippen molar-refractivity contribution in [3.63, 3.8) is 0 Å². The Hall–Kier alpha value is -2.89. The van der Waals surface area contributed by atoms with Crippen LogP contribution in [0.4, 0.5) is 0 Å². The van der Waals surface area contributed by atoms with Gasteiger partial charge in [0.05, 0.1) is 30.8 Å². The molecule has 23 heavy (non-hydrogen) atoms. The van der Waals surface area contributed by atoms with Gasteiger partial charge in [-0.05, 0) is 23.8 Å². The van der Waals surface area contributed by atoms with Gasteiger partial charge in [0.1, 0.15) is 0 Å². The largest absolute Gasteiger partial charge is 0.347 e. The van der Waals surface area contributed by atoms with E-state index in [1.165, 1.54) is 0 Å². The lowest BCUT2D eigenvalue weighted by atomic mass is 10.1. The molecule has 0 bridgehead atoms. The Morgan fingerprint density at radius 1 is 1.26 bits per heavy atom. The average molecular weight is 307 g/mol. The molecule has 1 aliphatic heterocycles. The Labute approximate surface area is 133 Å². The maximum atomic E-state index is 12.6. The molecule has 116 valence electrons. The van der Waals surface area contributed by atoms with Gasteiger partial charge in [-0.25, -0.2) is 4.98 Å². The summed E-state index contributed by atoms with van der Waals surface area (Å²) in [5.74, 6) is 0.0656. The first-order chi connectivity index (χ1) is 11.3. The molecule has 1 amide bonds. The number of hydrogen-bond acceptors (Lipinski definition) is 3. The summed E-state index contributed by atoms with van der Waals surface area (Å²) in [5.41, 5.74) is 3.96. The molecular weight excluding hydrogens is 290 g/mol. The van der Waals surface area contributed by atoms with Crippen LogP contribution < -0.4 is 0 Å². The van der Waals surface area contributed by atoms with Crippen molar-refractivity contribution in [1.29, 1.82) is 0 Å². The zero-order chi connectivity index (χ0) is 15.6. The van der Waals surface area contributed by atoms with Crippen LogP contribution in [-0.4, -0.2) is 37.1 Å². The van der Waals surface area contributed by atoms with E-state index in [1.54, 1.807) is 12.5 Å². The first-order valence-electron chi connectivity index (χ1n) is 7.66. The van der Waals surface area contributed by atoms with Crippen molar-refractivity contribution in [2.45, 2.75) is 19.5 Å². The van der Waals surface area contributed by atoms with Crippen molar-refractivity contribution < 1.29 is 4.79 Å². The molecule has 2 aromatic heterocycles. The molecule has 0 spiro atoms. The molecule has 4 rings (SSSR count). The van der Waals surface area contributed by atoms with Gasteiger partial charge in [0.2, 0.25) is 0 Å². The number of aromatic nitrogens is 4. The Morgan fingerprint density at radius 2 is 2.13 bits per heavy atom. The Bertz CT molecular complexity index is 804. The van der Waals surface area contributed by atoms with Crippen molar-refractivity contribution in [2.24, 2.45) is 0 Å². The molecule has 6 nitrogen and oxygen atoms in total. The van der Waals surface area contributed by atoms with E-state index in [-0.39, 0.29) is 5.91 Å². The number of carbonyl (C=O) groups is 1. The van der Waals surface area contributed by atoms with E-state index in [2.05, 4.69) is 15.1 Å². The van der Waals surface area contributed by atoms with E-state index < -0.39 is 0 Å². The summed E-state index contributed by atoms with van der Waals surface area (Å²) in [6.07, 6.45) is 6.19. The van der Waals surface area contributed by atoms with Crippen LogP contribution in [0.2, 0.25) is 0 Å². The maximum absolute atomic E-state index is 12.6. The maximum Gasteiger partial charge on any atom is 0.254 e. The van der Waals surface area contributed by atoms with Crippen LogP contribution >= 0.6 is 0 Å². The fraction of sp³-hybridized carbons (Fsp3) is 0.235. The highest BCUT2D eigenvalue weighted by Gasteiger charge is 2.23. The van der Waals surface area contributed by atoms with Crippen molar-refractivity contribution in [2.75, 3.05) is 6.54 Å². The molecular formula is C17H17N5O. The molecule has 6 heteroatoms. The highest BCUT2D eigenvalue weighted by atomic mass is 16.2. The molecule has 3 heterocycles. The van der Waals surface area contributed by atoms with Gasteiger partial charge in [0.25, 0.3) is 5.91 Å². The third-order valence-electron chi connectivity index (χ3n) is 4.17. The van der Waals surface area contributed by atoms with Gasteiger partial charge < -0.3 is 9.88 Å². The van der Waals surface area contributed by atoms with Crippen LogP contribution in [-0.2, 0) is 19.5 Å². The topological polar surface area (TPSA) is 66.8 Å². The minimum atomic E-state index is 0.0656. The van der Waals surface area contributed by atoms with Crippen molar-refractivity contribution in [3.05, 3.63) is 71.6 Å². The summed E-state index contributed by atoms with van der Waals surface area (Å²) in [6.45, 7) is 2.03. The molecule has 3 aromatic rings. The SMILES string of the molecule is O=C(c1ccc(Cn2cccn2)cc1)N1CCc2nc[nH]c2C1. The van der Waals surface area contributed by atoms with E-state index >= 15 is 0 Å². The number of fused-ring (bicyclic) bond motifs is 1. The Kier molecular flexibility index (Phi) is 3.42. The number of imidazole rings is 1. The summed E-state index contributed by atoms with van der Waals surface area (Å²) in [4.78, 5) is 21.9. The quantitative estimate of drug-likeness (QED) is 0.803. The van der Waals surface area contributed by atoms with Gasteiger partial charge in [-0.2, -0.15) is 5.10 Å². The number of amides is 1.